The zero-order chi connectivity index (χ0) is 25.3. The molecule has 0 aliphatic carbocycles. The van der Waals surface area contributed by atoms with Crippen LogP contribution in [-0.2, 0) is 9.47 Å². The quantitative estimate of drug-likeness (QED) is 0.610. The van der Waals surface area contributed by atoms with E-state index >= 15 is 0 Å². The molecule has 6 rings (SSSR count). The number of nitrogen functional groups attached to an aromatic ring is 1. The molecule has 0 spiro atoms. The van der Waals surface area contributed by atoms with Crippen molar-refractivity contribution in [2.24, 2.45) is 0 Å². The van der Waals surface area contributed by atoms with Crippen LogP contribution in [0, 0.1) is 0 Å². The molecular weight excluding hydrogens is 496 g/mol. The Morgan fingerprint density at radius 1 is 0.778 bits per heavy atom. The Labute approximate surface area is 200 Å². The Morgan fingerprint density at radius 2 is 1.22 bits per heavy atom. The molecule has 8 atom stereocenters. The van der Waals surface area contributed by atoms with Crippen LogP contribution >= 0.6 is 0 Å². The lowest BCUT2D eigenvalue weighted by Gasteiger charge is -2.37. The van der Waals surface area contributed by atoms with Gasteiger partial charge in [0.05, 0.1) is 50.6 Å². The van der Waals surface area contributed by atoms with Crippen molar-refractivity contribution < 1.29 is 35.8 Å². The van der Waals surface area contributed by atoms with Crippen molar-refractivity contribution in [1.29, 1.82) is 0 Å². The average molecular weight is 517 g/mol. The van der Waals surface area contributed by atoms with Gasteiger partial charge in [-0.25, -0.2) is 31.3 Å². The number of nitrogens with two attached hydrogens (primary N) is 1. The molecule has 8 unspecified atom stereocenters. The van der Waals surface area contributed by atoms with Crippen LogP contribution in [0.25, 0.3) is 11.4 Å². The van der Waals surface area contributed by atoms with E-state index in [4.69, 9.17) is 15.2 Å². The number of ether oxygens (including phenoxy) is 2. The molecule has 36 heavy (non-hydrogen) atoms. The highest BCUT2D eigenvalue weighted by molar-refractivity contribution is 5.65. The van der Waals surface area contributed by atoms with Crippen LogP contribution in [0.4, 0.5) is 44.1 Å². The molecule has 2 aromatic rings. The summed E-state index contributed by atoms with van der Waals surface area (Å²) in [7, 11) is 0. The molecule has 6 heterocycles. The number of hydrogen-bond donors (Lipinski definition) is 1. The molecule has 4 bridgehead atoms. The van der Waals surface area contributed by atoms with E-state index < -0.39 is 60.8 Å². The SMILES string of the molecule is Nc1cc(C(F)F)c(-c2nc(N3C4COCC3C(F)C4F)nc(N3C4COCC3C(F)C4F)n2)cn1. The van der Waals surface area contributed by atoms with Gasteiger partial charge in [0.2, 0.25) is 11.9 Å². The van der Waals surface area contributed by atoms with Gasteiger partial charge in [0, 0.05) is 17.3 Å². The number of rotatable bonds is 4. The van der Waals surface area contributed by atoms with Crippen molar-refractivity contribution in [3.8, 4) is 11.4 Å². The summed E-state index contributed by atoms with van der Waals surface area (Å²) in [5.41, 5.74) is 4.85. The second kappa shape index (κ2) is 8.57. The third-order valence-electron chi connectivity index (χ3n) is 7.17. The standard InChI is InChI=1S/C21H21F6N7O2/c22-14-9-3-35-4-10(15(14)23)33(9)20-30-19(8-2-29-13(28)1-7(8)18(26)27)31-21(32-20)34-11-5-36-6-12(34)17(25)16(11)24/h1-2,9-12,14-18H,3-6H2,(H2,28,29). The molecule has 4 saturated heterocycles. The summed E-state index contributed by atoms with van der Waals surface area (Å²) >= 11 is 0. The Hall–Kier alpha value is -2.94. The number of pyridine rings is 1. The van der Waals surface area contributed by atoms with Crippen LogP contribution < -0.4 is 15.5 Å². The van der Waals surface area contributed by atoms with Crippen LogP contribution in [0.15, 0.2) is 12.3 Å². The first-order chi connectivity index (χ1) is 17.3. The fraction of sp³-hybridized carbons (Fsp3) is 0.619. The number of morpholine rings is 2. The maximum absolute atomic E-state index is 14.7. The van der Waals surface area contributed by atoms with Gasteiger partial charge in [-0.3, -0.25) is 0 Å². The van der Waals surface area contributed by atoms with Crippen molar-refractivity contribution in [2.45, 2.75) is 55.3 Å². The lowest BCUT2D eigenvalue weighted by molar-refractivity contribution is 0.0786. The van der Waals surface area contributed by atoms with Crippen LogP contribution in [0.2, 0.25) is 0 Å². The Bertz CT molecular complexity index is 1080. The van der Waals surface area contributed by atoms with Gasteiger partial charge in [0.25, 0.3) is 6.43 Å². The van der Waals surface area contributed by atoms with E-state index in [0.717, 1.165) is 12.3 Å². The molecular formula is C21H21F6N7O2. The van der Waals surface area contributed by atoms with E-state index in [0.29, 0.717) is 0 Å². The van der Waals surface area contributed by atoms with E-state index in [2.05, 4.69) is 19.9 Å². The van der Waals surface area contributed by atoms with Crippen molar-refractivity contribution >= 4 is 17.7 Å². The van der Waals surface area contributed by atoms with Crippen molar-refractivity contribution in [3.63, 3.8) is 0 Å². The molecule has 9 nitrogen and oxygen atoms in total. The fourth-order valence-corrected chi connectivity index (χ4v) is 5.42. The van der Waals surface area contributed by atoms with Crippen LogP contribution in [0.1, 0.15) is 12.0 Å². The molecule has 4 fully saturated rings. The molecule has 0 saturated carbocycles. The molecule has 0 radical (unpaired) electrons. The van der Waals surface area contributed by atoms with Gasteiger partial charge < -0.3 is 25.0 Å². The number of hydrogen-bond acceptors (Lipinski definition) is 9. The molecule has 4 aliphatic heterocycles. The lowest BCUT2D eigenvalue weighted by atomic mass is 10.1. The number of aromatic nitrogens is 4. The van der Waals surface area contributed by atoms with E-state index in [1.807, 2.05) is 0 Å². The first kappa shape index (κ1) is 23.5. The van der Waals surface area contributed by atoms with Crippen molar-refractivity contribution in [2.75, 3.05) is 42.0 Å². The third-order valence-corrected chi connectivity index (χ3v) is 7.17. The molecule has 15 heteroatoms. The predicted octanol–water partition coefficient (Wildman–Crippen LogP) is 1.98. The van der Waals surface area contributed by atoms with Crippen molar-refractivity contribution in [3.05, 3.63) is 17.8 Å². The summed E-state index contributed by atoms with van der Waals surface area (Å²) in [4.78, 5) is 19.3. The monoisotopic (exact) mass is 517 g/mol. The molecule has 2 aromatic heterocycles. The number of anilines is 3. The summed E-state index contributed by atoms with van der Waals surface area (Å²) in [6.07, 6.45) is -9.54. The minimum Gasteiger partial charge on any atom is -0.384 e. The molecule has 0 amide bonds. The number of halogens is 6. The highest BCUT2D eigenvalue weighted by Gasteiger charge is 2.56. The fourth-order valence-electron chi connectivity index (χ4n) is 5.42. The predicted molar refractivity (Wildman–Crippen MR) is 114 cm³/mol. The topological polar surface area (TPSA) is 103 Å². The van der Waals surface area contributed by atoms with Crippen LogP contribution in [-0.4, -0.2) is 95.2 Å². The second-order valence-electron chi connectivity index (χ2n) is 9.19. The van der Waals surface area contributed by atoms with E-state index in [1.165, 1.54) is 9.80 Å². The zero-order valence-corrected chi connectivity index (χ0v) is 18.5. The van der Waals surface area contributed by atoms with Gasteiger partial charge in [0.1, 0.15) is 5.82 Å². The summed E-state index contributed by atoms with van der Waals surface area (Å²) in [6, 6.07) is -3.35. The molecule has 4 aliphatic rings. The number of alkyl halides is 6. The second-order valence-corrected chi connectivity index (χ2v) is 9.19. The van der Waals surface area contributed by atoms with Gasteiger partial charge in [-0.15, -0.1) is 0 Å². The summed E-state index contributed by atoms with van der Waals surface area (Å²) in [6.45, 7) is -0.603. The molecule has 194 valence electrons. The van der Waals surface area contributed by atoms with Gasteiger partial charge in [-0.2, -0.15) is 15.0 Å². The average Bonchev–Trinajstić information content (AvgIpc) is 3.12. The zero-order valence-electron chi connectivity index (χ0n) is 18.5. The Morgan fingerprint density at radius 3 is 1.64 bits per heavy atom. The minimum atomic E-state index is -2.98. The number of nitrogens with zero attached hydrogens (tertiary/aromatic N) is 6. The molecule has 0 aromatic carbocycles. The lowest BCUT2D eigenvalue weighted by Crippen LogP contribution is -2.51. The van der Waals surface area contributed by atoms with E-state index in [9.17, 15) is 26.3 Å². The smallest absolute Gasteiger partial charge is 0.264 e. The first-order valence-electron chi connectivity index (χ1n) is 11.3. The highest BCUT2D eigenvalue weighted by atomic mass is 19.3. The van der Waals surface area contributed by atoms with Crippen molar-refractivity contribution in [1.82, 2.24) is 19.9 Å². The van der Waals surface area contributed by atoms with E-state index in [-0.39, 0.29) is 55.5 Å². The number of fused-ring (bicyclic) bond motifs is 4. The van der Waals surface area contributed by atoms with Gasteiger partial charge in [0.15, 0.2) is 30.5 Å². The Balaban J connectivity index is 1.52. The van der Waals surface area contributed by atoms with Crippen LogP contribution in [0.3, 0.4) is 0 Å². The minimum absolute atomic E-state index is 0.151. The van der Waals surface area contributed by atoms with Gasteiger partial charge >= 0.3 is 0 Å². The maximum atomic E-state index is 14.7. The highest BCUT2D eigenvalue weighted by Crippen LogP contribution is 2.41. The Kier molecular flexibility index (Phi) is 5.59. The first-order valence-corrected chi connectivity index (χ1v) is 11.3. The summed E-state index contributed by atoms with van der Waals surface area (Å²) in [5, 5.41) is 0. The maximum Gasteiger partial charge on any atom is 0.264 e. The largest absolute Gasteiger partial charge is 0.384 e. The normalized spacial score (nSPS) is 35.6. The summed E-state index contributed by atoms with van der Waals surface area (Å²) in [5.74, 6) is -0.900. The van der Waals surface area contributed by atoms with Crippen LogP contribution in [0.5, 0.6) is 0 Å². The third kappa shape index (κ3) is 3.46. The van der Waals surface area contributed by atoms with Gasteiger partial charge in [-0.05, 0) is 6.07 Å². The van der Waals surface area contributed by atoms with Gasteiger partial charge in [-0.1, -0.05) is 0 Å². The van der Waals surface area contributed by atoms with E-state index in [1.54, 1.807) is 0 Å². The molecule has 2 N–H and O–H groups in total. The summed E-state index contributed by atoms with van der Waals surface area (Å²) < 4.78 is 97.2.